The van der Waals surface area contributed by atoms with Gasteiger partial charge in [-0.1, -0.05) is 226 Å². The first kappa shape index (κ1) is 46.5. The van der Waals surface area contributed by atoms with Gasteiger partial charge in [0.1, 0.15) is 0 Å². The van der Waals surface area contributed by atoms with E-state index >= 15 is 0 Å². The molecule has 8 rings (SSSR count). The van der Waals surface area contributed by atoms with Crippen molar-refractivity contribution in [2.24, 2.45) is 0 Å². The third-order valence-electron chi connectivity index (χ3n) is 11.3. The average molecular weight is 969 g/mol. The summed E-state index contributed by atoms with van der Waals surface area (Å²) in [5, 5.41) is 0. The maximum Gasteiger partial charge on any atom is 0.0705 e. The van der Waals surface area contributed by atoms with Crippen LogP contribution in [0.25, 0.3) is 33.5 Å². The summed E-state index contributed by atoms with van der Waals surface area (Å²) in [5.41, 5.74) is 12.0. The maximum absolute atomic E-state index is 7.85. The van der Waals surface area contributed by atoms with Crippen molar-refractivity contribution in [1.82, 2.24) is 24.9 Å². The highest BCUT2D eigenvalue weighted by molar-refractivity contribution is 5.68. The number of benzene rings is 3. The lowest BCUT2D eigenvalue weighted by atomic mass is 9.86. The average Bonchev–Trinajstić information content (AvgIpc) is 3.38. The van der Waals surface area contributed by atoms with Gasteiger partial charge in [0.15, 0.2) is 0 Å². The van der Waals surface area contributed by atoms with Crippen molar-refractivity contribution in [3.05, 3.63) is 222 Å². The van der Waals surface area contributed by atoms with Gasteiger partial charge in [0.05, 0.1) is 17.1 Å². The monoisotopic (exact) mass is 968 g/mol. The van der Waals surface area contributed by atoms with Gasteiger partial charge in [0.25, 0.3) is 0 Å². The molecule has 8 aromatic rings. The zero-order chi connectivity index (χ0) is 60.1. The second-order valence-electron chi connectivity index (χ2n) is 22.8. The van der Waals surface area contributed by atoms with Gasteiger partial charge in [-0.2, -0.15) is 0 Å². The lowest BCUT2D eigenvalue weighted by Crippen LogP contribution is -2.16. The molecular formula is C67H85N5. The minimum Gasteiger partial charge on any atom is -0.265 e. The molecule has 0 saturated heterocycles. The Morgan fingerprint density at radius 2 is 0.819 bits per heavy atom. The van der Waals surface area contributed by atoms with E-state index in [0.29, 0.717) is 28.2 Å². The smallest absolute Gasteiger partial charge is 0.0705 e. The van der Waals surface area contributed by atoms with Gasteiger partial charge in [0.2, 0.25) is 0 Å². The van der Waals surface area contributed by atoms with Crippen molar-refractivity contribution in [1.29, 1.82) is 0 Å². The van der Waals surface area contributed by atoms with Crippen LogP contribution < -0.4 is 0 Å². The second-order valence-corrected chi connectivity index (χ2v) is 22.8. The van der Waals surface area contributed by atoms with Gasteiger partial charge in [-0.3, -0.25) is 24.9 Å². The Hall–Kier alpha value is -6.59. The van der Waals surface area contributed by atoms with Crippen LogP contribution in [0.5, 0.6) is 0 Å². The van der Waals surface area contributed by atoms with Crippen molar-refractivity contribution in [3.63, 3.8) is 0 Å². The van der Waals surface area contributed by atoms with E-state index in [1.54, 1.807) is 43.5 Å². The van der Waals surface area contributed by atoms with Crippen molar-refractivity contribution >= 4 is 0 Å². The molecule has 0 N–H and O–H groups in total. The topological polar surface area (TPSA) is 64.5 Å². The molecule has 5 aromatic heterocycles. The zero-order valence-electron chi connectivity index (χ0n) is 54.0. The Bertz CT molecular complexity index is 3120. The molecule has 0 amide bonds. The molecule has 5 nitrogen and oxygen atoms in total. The summed E-state index contributed by atoms with van der Waals surface area (Å²) in [4.78, 5) is 21.9. The third kappa shape index (κ3) is 17.9. The van der Waals surface area contributed by atoms with Crippen LogP contribution in [-0.4, -0.2) is 24.9 Å². The number of pyridine rings is 5. The van der Waals surface area contributed by atoms with Crippen LogP contribution in [0.3, 0.4) is 0 Å². The van der Waals surface area contributed by atoms with E-state index in [1.165, 1.54) is 16.7 Å². The molecular weight excluding hydrogens is 875 g/mol. The molecule has 0 aliphatic rings. The van der Waals surface area contributed by atoms with E-state index in [4.69, 9.17) is 11.0 Å². The summed E-state index contributed by atoms with van der Waals surface area (Å²) in [6.07, 6.45) is 5.75. The molecule has 0 radical (unpaired) electrons. The molecule has 5 heterocycles. The highest BCUT2D eigenvalue weighted by atomic mass is 14.7. The Morgan fingerprint density at radius 3 is 1.25 bits per heavy atom. The summed E-state index contributed by atoms with van der Waals surface area (Å²) in [5.74, 6) is 0. The number of aromatic nitrogens is 5. The molecule has 378 valence electrons. The van der Waals surface area contributed by atoms with E-state index in [-0.39, 0.29) is 27.1 Å². The predicted molar refractivity (Wildman–Crippen MR) is 310 cm³/mol. The number of nitrogens with zero attached hydrogens (tertiary/aromatic N) is 5. The molecule has 0 aliphatic heterocycles. The molecule has 72 heavy (non-hydrogen) atoms. The van der Waals surface area contributed by atoms with Crippen LogP contribution in [0, 0.1) is 13.7 Å². The van der Waals surface area contributed by atoms with Crippen LogP contribution >= 0.6 is 0 Å². The largest absolute Gasteiger partial charge is 0.265 e. The van der Waals surface area contributed by atoms with E-state index < -0.39 is 20.1 Å². The summed E-state index contributed by atoms with van der Waals surface area (Å²) in [6, 6.07) is 49.1. The first-order valence-electron chi connectivity index (χ1n) is 28.8. The molecule has 0 bridgehead atoms. The fraction of sp³-hybridized carbons (Fsp3) is 0.358. The first-order chi connectivity index (χ1) is 36.8. The van der Waals surface area contributed by atoms with Gasteiger partial charge in [-0.25, -0.2) is 0 Å². The minimum atomic E-state index is -2.13. The van der Waals surface area contributed by atoms with Crippen LogP contribution in [0.2, 0.25) is 0 Å². The van der Waals surface area contributed by atoms with Crippen molar-refractivity contribution < 1.29 is 11.0 Å². The number of hydrogen-bond donors (Lipinski definition) is 0. The summed E-state index contributed by atoms with van der Waals surface area (Å²) in [6.45, 7) is 28.7. The number of rotatable bonds is 4. The number of aryl methyl sites for hydroxylation is 3. The fourth-order valence-corrected chi connectivity index (χ4v) is 7.53. The Balaban J connectivity index is 0.000000219. The van der Waals surface area contributed by atoms with Gasteiger partial charge >= 0.3 is 0 Å². The van der Waals surface area contributed by atoms with Crippen molar-refractivity contribution in [2.45, 2.75) is 158 Å². The highest BCUT2D eigenvalue weighted by Crippen LogP contribution is 2.33. The summed E-state index contributed by atoms with van der Waals surface area (Å²) in [7, 11) is 0. The minimum absolute atomic E-state index is 0.0758. The first-order valence-corrected chi connectivity index (χ1v) is 24.8. The molecule has 3 aromatic carbocycles. The van der Waals surface area contributed by atoms with Crippen LogP contribution in [0.1, 0.15) is 167 Å². The quantitative estimate of drug-likeness (QED) is 0.176. The lowest BCUT2D eigenvalue weighted by molar-refractivity contribution is 0.564. The molecule has 0 fully saturated rings. The molecule has 0 atom stereocenters. The predicted octanol–water partition coefficient (Wildman–Crippen LogP) is 18.1. The molecule has 5 heteroatoms. The fourth-order valence-electron chi connectivity index (χ4n) is 7.53. The van der Waals surface area contributed by atoms with Gasteiger partial charge < -0.3 is 0 Å². The second kappa shape index (κ2) is 25.7. The van der Waals surface area contributed by atoms with E-state index in [0.717, 1.165) is 33.8 Å². The zero-order valence-corrected chi connectivity index (χ0v) is 46.0. The molecule has 0 spiro atoms. The van der Waals surface area contributed by atoms with Gasteiger partial charge in [0, 0.05) is 91.2 Å². The van der Waals surface area contributed by atoms with Crippen LogP contribution in [0.4, 0.5) is 0 Å². The van der Waals surface area contributed by atoms with Gasteiger partial charge in [-0.15, -0.1) is 0 Å². The van der Waals surface area contributed by atoms with E-state index in [2.05, 4.69) is 142 Å². The summed E-state index contributed by atoms with van der Waals surface area (Å²) >= 11 is 0. The SMILES string of the molecule is CC(C)(C)c1ccncc1.CC(C)(C)c1ncccc1-c1ccccc1.[2H]C([2H])(C)c1ccc(-c2ccccc2)c(C(C)(C)C)n1.[2H]C([2H])([2H])c1ccc(-c2ccccc2)nc1C(C)(C)C.[2H]C([2H])([2H])c1cccnc1C(C)(C)C. The van der Waals surface area contributed by atoms with Crippen LogP contribution in [0.15, 0.2) is 176 Å². The summed E-state index contributed by atoms with van der Waals surface area (Å²) < 4.78 is 60.9. The maximum atomic E-state index is 7.85. The molecule has 0 unspecified atom stereocenters. The third-order valence-corrected chi connectivity index (χ3v) is 11.3. The number of hydrogen-bond acceptors (Lipinski definition) is 5. The van der Waals surface area contributed by atoms with E-state index in [1.807, 2.05) is 127 Å². The Labute approximate surface area is 447 Å². The highest BCUT2D eigenvalue weighted by Gasteiger charge is 2.22. The molecule has 0 saturated carbocycles. The standard InChI is InChI=1S/C17H21N.C16H19N.C15H17N.C10H15N.C9H13N/c1-5-14-11-12-15(13-9-7-6-8-10-13)16(18-14)17(2,3)4;1-12-10-11-14(13-8-6-5-7-9-13)17-15(12)16(2,3)4;1-15(2,3)14-13(10-7-11-16-14)12-8-5-4-6-9-12;1-8-6-5-7-11-9(8)10(2,3)4;1-9(2,3)8-4-6-10-7-5-8/h6-12H,5H2,1-4H3;5-11H,1-4H3;4-11H,1-3H3;5-7H,1-4H3;4-7H,1-3H3/i5D2;1D3;;1D3;. The normalized spacial score (nSPS) is 13.7. The molecule has 0 aliphatic carbocycles. The van der Waals surface area contributed by atoms with Gasteiger partial charge in [-0.05, 0) is 89.7 Å². The lowest BCUT2D eigenvalue weighted by Gasteiger charge is -2.22. The Morgan fingerprint density at radius 1 is 0.375 bits per heavy atom. The Kier molecular flexibility index (Phi) is 16.6. The van der Waals surface area contributed by atoms with Crippen LogP contribution in [-0.2, 0) is 33.4 Å². The van der Waals surface area contributed by atoms with Crippen molar-refractivity contribution in [2.75, 3.05) is 0 Å². The van der Waals surface area contributed by atoms with E-state index in [9.17, 15) is 0 Å². The van der Waals surface area contributed by atoms with Crippen molar-refractivity contribution in [3.8, 4) is 33.5 Å².